The van der Waals surface area contributed by atoms with E-state index in [-0.39, 0.29) is 11.7 Å². The van der Waals surface area contributed by atoms with E-state index in [0.717, 1.165) is 61.8 Å². The second kappa shape index (κ2) is 12.5. The minimum Gasteiger partial charge on any atom is -0.346 e. The van der Waals surface area contributed by atoms with Gasteiger partial charge in [-0.25, -0.2) is 9.37 Å². The van der Waals surface area contributed by atoms with Gasteiger partial charge in [-0.1, -0.05) is 39.3 Å². The topological polar surface area (TPSA) is 49.3 Å². The maximum absolute atomic E-state index is 13.1. The van der Waals surface area contributed by atoms with Crippen molar-refractivity contribution in [3.8, 4) is 0 Å². The number of halogens is 1. The van der Waals surface area contributed by atoms with Gasteiger partial charge in [0, 0.05) is 50.6 Å². The molecule has 0 saturated carbocycles. The van der Waals surface area contributed by atoms with Gasteiger partial charge in [0.2, 0.25) is 11.0 Å². The summed E-state index contributed by atoms with van der Waals surface area (Å²) in [6.45, 7) is 9.55. The number of nitrogens with zero attached hydrogens (tertiary/aromatic N) is 4. The Hall–Kier alpha value is -2.02. The third-order valence-corrected chi connectivity index (χ3v) is 5.54. The lowest BCUT2D eigenvalue weighted by Crippen LogP contribution is -2.36. The lowest BCUT2D eigenvalue weighted by molar-refractivity contribution is -0.131. The molecule has 0 unspecified atom stereocenters. The van der Waals surface area contributed by atoms with Crippen LogP contribution in [0.4, 0.5) is 9.52 Å². The largest absolute Gasteiger partial charge is 0.346 e. The molecule has 1 aromatic heterocycles. The molecule has 2 rings (SSSR count). The molecule has 2 aromatic rings. The highest BCUT2D eigenvalue weighted by Crippen LogP contribution is 2.20. The van der Waals surface area contributed by atoms with Crippen molar-refractivity contribution in [3.63, 3.8) is 0 Å². The van der Waals surface area contributed by atoms with Crippen molar-refractivity contribution in [3.05, 3.63) is 41.5 Å². The molecule has 1 heterocycles. The number of amides is 1. The third-order valence-electron chi connectivity index (χ3n) is 4.72. The fourth-order valence-corrected chi connectivity index (χ4v) is 3.91. The predicted octanol–water partition coefficient (Wildman–Crippen LogP) is 4.91. The van der Waals surface area contributed by atoms with Gasteiger partial charge in [0.05, 0.1) is 0 Å². The Bertz CT molecular complexity index is 729. The Kier molecular flexibility index (Phi) is 10.0. The standard InChI is InChI=1S/C22H33FN4OS/c1-4-7-15-27(16-12-21(28)26(13-5-2)14-6-3)22-24-20(25-29-22)17-18-8-10-19(23)11-9-18/h8-11H,4-7,12-17H2,1-3H3. The molecule has 1 amide bonds. The number of hydrogen-bond acceptors (Lipinski definition) is 5. The third kappa shape index (κ3) is 7.72. The summed E-state index contributed by atoms with van der Waals surface area (Å²) in [7, 11) is 0. The van der Waals surface area contributed by atoms with Crippen LogP contribution in [0.1, 0.15) is 64.3 Å². The van der Waals surface area contributed by atoms with Gasteiger partial charge >= 0.3 is 0 Å². The van der Waals surface area contributed by atoms with E-state index in [1.54, 1.807) is 12.1 Å². The minimum atomic E-state index is -0.240. The Labute approximate surface area is 178 Å². The van der Waals surface area contributed by atoms with Crippen LogP contribution < -0.4 is 4.90 Å². The first-order valence-corrected chi connectivity index (χ1v) is 11.4. The zero-order valence-electron chi connectivity index (χ0n) is 17.9. The van der Waals surface area contributed by atoms with Crippen LogP contribution >= 0.6 is 11.5 Å². The van der Waals surface area contributed by atoms with Crippen molar-refractivity contribution in [1.29, 1.82) is 0 Å². The molecule has 0 atom stereocenters. The first-order valence-electron chi connectivity index (χ1n) is 10.7. The summed E-state index contributed by atoms with van der Waals surface area (Å²) in [5.74, 6) is 0.713. The number of carbonyl (C=O) groups is 1. The van der Waals surface area contributed by atoms with E-state index in [4.69, 9.17) is 4.98 Å². The number of anilines is 1. The molecule has 0 aliphatic carbocycles. The molecule has 1 aromatic carbocycles. The number of benzene rings is 1. The molecular weight excluding hydrogens is 387 g/mol. The molecule has 0 aliphatic rings. The van der Waals surface area contributed by atoms with E-state index in [1.807, 2.05) is 4.90 Å². The van der Waals surface area contributed by atoms with Crippen LogP contribution in [0.25, 0.3) is 0 Å². The summed E-state index contributed by atoms with van der Waals surface area (Å²) in [4.78, 5) is 21.5. The van der Waals surface area contributed by atoms with Gasteiger partial charge in [-0.2, -0.15) is 4.37 Å². The average Bonchev–Trinajstić information content (AvgIpc) is 3.17. The van der Waals surface area contributed by atoms with Gasteiger partial charge < -0.3 is 9.80 Å². The monoisotopic (exact) mass is 420 g/mol. The van der Waals surface area contributed by atoms with E-state index in [9.17, 15) is 9.18 Å². The second-order valence-electron chi connectivity index (χ2n) is 7.27. The molecule has 160 valence electrons. The van der Waals surface area contributed by atoms with Crippen molar-refractivity contribution in [2.45, 2.75) is 59.3 Å². The number of carbonyl (C=O) groups excluding carboxylic acids is 1. The lowest BCUT2D eigenvalue weighted by atomic mass is 10.1. The number of rotatable bonds is 13. The summed E-state index contributed by atoms with van der Waals surface area (Å²) in [5, 5.41) is 0.862. The summed E-state index contributed by atoms with van der Waals surface area (Å²) >= 11 is 1.38. The predicted molar refractivity (Wildman–Crippen MR) is 118 cm³/mol. The van der Waals surface area contributed by atoms with Gasteiger partial charge in [0.1, 0.15) is 11.6 Å². The molecule has 0 radical (unpaired) electrons. The molecular formula is C22H33FN4OS. The van der Waals surface area contributed by atoms with Gasteiger partial charge in [-0.3, -0.25) is 4.79 Å². The molecule has 29 heavy (non-hydrogen) atoms. The zero-order valence-corrected chi connectivity index (χ0v) is 18.7. The van der Waals surface area contributed by atoms with Gasteiger partial charge in [0.15, 0.2) is 0 Å². The van der Waals surface area contributed by atoms with Gasteiger partial charge in [0.25, 0.3) is 0 Å². The SMILES string of the molecule is CCCCN(CCC(=O)N(CCC)CCC)c1nc(Cc2ccc(F)cc2)ns1. The highest BCUT2D eigenvalue weighted by molar-refractivity contribution is 7.09. The molecule has 0 spiro atoms. The normalized spacial score (nSPS) is 10.9. The maximum Gasteiger partial charge on any atom is 0.224 e. The van der Waals surface area contributed by atoms with Crippen molar-refractivity contribution in [1.82, 2.24) is 14.3 Å². The van der Waals surface area contributed by atoms with Crippen molar-refractivity contribution < 1.29 is 9.18 Å². The van der Waals surface area contributed by atoms with E-state index in [2.05, 4.69) is 30.0 Å². The smallest absolute Gasteiger partial charge is 0.224 e. The Balaban J connectivity index is 2.00. The van der Waals surface area contributed by atoms with E-state index >= 15 is 0 Å². The minimum absolute atomic E-state index is 0.214. The van der Waals surface area contributed by atoms with Crippen LogP contribution in [0.15, 0.2) is 24.3 Å². The summed E-state index contributed by atoms with van der Waals surface area (Å²) in [6, 6.07) is 6.44. The Morgan fingerprint density at radius 3 is 2.31 bits per heavy atom. The fraction of sp³-hybridized carbons (Fsp3) is 0.591. The fourth-order valence-electron chi connectivity index (χ4n) is 3.17. The number of hydrogen-bond donors (Lipinski definition) is 0. The molecule has 0 bridgehead atoms. The van der Waals surface area contributed by atoms with Gasteiger partial charge in [-0.15, -0.1) is 0 Å². The van der Waals surface area contributed by atoms with Crippen molar-refractivity contribution in [2.75, 3.05) is 31.1 Å². The number of aromatic nitrogens is 2. The lowest BCUT2D eigenvalue weighted by Gasteiger charge is -2.25. The van der Waals surface area contributed by atoms with E-state index in [0.29, 0.717) is 19.4 Å². The molecule has 5 nitrogen and oxygen atoms in total. The molecule has 0 saturated heterocycles. The van der Waals surface area contributed by atoms with E-state index in [1.165, 1.54) is 23.7 Å². The van der Waals surface area contributed by atoms with Crippen molar-refractivity contribution in [2.24, 2.45) is 0 Å². The summed E-state index contributed by atoms with van der Waals surface area (Å²) < 4.78 is 17.6. The van der Waals surface area contributed by atoms with E-state index < -0.39 is 0 Å². The highest BCUT2D eigenvalue weighted by atomic mass is 32.1. The Morgan fingerprint density at radius 2 is 1.69 bits per heavy atom. The van der Waals surface area contributed by atoms with Crippen LogP contribution in [-0.2, 0) is 11.2 Å². The van der Waals surface area contributed by atoms with Crippen LogP contribution in [-0.4, -0.2) is 46.3 Å². The quantitative estimate of drug-likeness (QED) is 0.462. The molecule has 0 N–H and O–H groups in total. The van der Waals surface area contributed by atoms with Crippen LogP contribution in [0.3, 0.4) is 0 Å². The number of unbranched alkanes of at least 4 members (excludes halogenated alkanes) is 1. The molecule has 0 aliphatic heterocycles. The maximum atomic E-state index is 13.1. The Morgan fingerprint density at radius 1 is 1.00 bits per heavy atom. The average molecular weight is 421 g/mol. The second-order valence-corrected chi connectivity index (χ2v) is 8.00. The van der Waals surface area contributed by atoms with Crippen molar-refractivity contribution >= 4 is 22.6 Å². The molecule has 7 heteroatoms. The van der Waals surface area contributed by atoms with Crippen LogP contribution in [0, 0.1) is 5.82 Å². The highest BCUT2D eigenvalue weighted by Gasteiger charge is 2.17. The van der Waals surface area contributed by atoms with Crippen LogP contribution in [0.2, 0.25) is 0 Å². The first kappa shape index (κ1) is 23.3. The first-order chi connectivity index (χ1) is 14.1. The molecule has 0 fully saturated rings. The van der Waals surface area contributed by atoms with Gasteiger partial charge in [-0.05, 0) is 37.0 Å². The summed E-state index contributed by atoms with van der Waals surface area (Å²) in [6.07, 6.45) is 5.18. The van der Waals surface area contributed by atoms with Crippen LogP contribution in [0.5, 0.6) is 0 Å². The summed E-state index contributed by atoms with van der Waals surface area (Å²) in [5.41, 5.74) is 0.987. The zero-order chi connectivity index (χ0) is 21.1.